The number of halogens is 1. The number of thiophene rings is 1. The number of hydrogen-bond donors (Lipinski definition) is 1. The molecule has 29 heavy (non-hydrogen) atoms. The van der Waals surface area contributed by atoms with Crippen LogP contribution in [0.5, 0.6) is 0 Å². The van der Waals surface area contributed by atoms with E-state index in [1.165, 1.54) is 10.4 Å². The highest BCUT2D eigenvalue weighted by atomic mass is 35.5. The van der Waals surface area contributed by atoms with Crippen molar-refractivity contribution in [3.05, 3.63) is 39.3 Å². The summed E-state index contributed by atoms with van der Waals surface area (Å²) in [5, 5.41) is 7.79. The molecule has 0 radical (unpaired) electrons. The summed E-state index contributed by atoms with van der Waals surface area (Å²) < 4.78 is 2.71. The Morgan fingerprint density at radius 2 is 2.07 bits per heavy atom. The fraction of sp³-hybridized carbons (Fsp3) is 0.600. The van der Waals surface area contributed by atoms with Gasteiger partial charge in [-0.05, 0) is 33.2 Å². The third-order valence-corrected chi connectivity index (χ3v) is 6.38. The van der Waals surface area contributed by atoms with Gasteiger partial charge < -0.3 is 15.1 Å². The molecule has 0 bridgehead atoms. The van der Waals surface area contributed by atoms with Crippen molar-refractivity contribution in [3.8, 4) is 0 Å². The third kappa shape index (κ3) is 6.18. The van der Waals surface area contributed by atoms with Crippen LogP contribution in [0.1, 0.15) is 23.4 Å². The number of aromatic nitrogens is 2. The summed E-state index contributed by atoms with van der Waals surface area (Å²) in [5.74, 6) is 1.00. The summed E-state index contributed by atoms with van der Waals surface area (Å²) in [6, 6.07) is 4.32. The van der Waals surface area contributed by atoms with Gasteiger partial charge in [0.15, 0.2) is 5.96 Å². The molecule has 0 aliphatic carbocycles. The quantitative estimate of drug-likeness (QED) is 0.532. The van der Waals surface area contributed by atoms with Crippen molar-refractivity contribution in [1.82, 2.24) is 29.8 Å². The van der Waals surface area contributed by atoms with Gasteiger partial charge in [0.2, 0.25) is 0 Å². The molecule has 1 aliphatic rings. The number of nitrogens with one attached hydrogen (secondary N) is 1. The number of hydrogen-bond acceptors (Lipinski definition) is 5. The molecule has 9 heteroatoms. The van der Waals surface area contributed by atoms with E-state index in [1.807, 2.05) is 24.0 Å². The van der Waals surface area contributed by atoms with Crippen molar-refractivity contribution in [2.24, 2.45) is 12.0 Å². The molecule has 1 fully saturated rings. The lowest BCUT2D eigenvalue weighted by molar-refractivity contribution is 0.173. The Morgan fingerprint density at radius 1 is 1.31 bits per heavy atom. The van der Waals surface area contributed by atoms with E-state index < -0.39 is 0 Å². The Hall–Kier alpha value is -1.61. The van der Waals surface area contributed by atoms with Gasteiger partial charge in [-0.25, -0.2) is 0 Å². The maximum Gasteiger partial charge on any atom is 0.194 e. The van der Waals surface area contributed by atoms with E-state index >= 15 is 0 Å². The van der Waals surface area contributed by atoms with E-state index in [1.54, 1.807) is 11.3 Å². The average Bonchev–Trinajstić information content (AvgIpc) is 3.29. The van der Waals surface area contributed by atoms with Crippen LogP contribution in [0, 0.1) is 0 Å². The maximum atomic E-state index is 6.06. The Kier molecular flexibility index (Phi) is 7.94. The second kappa shape index (κ2) is 10.4. The lowest BCUT2D eigenvalue weighted by Crippen LogP contribution is -2.52. The molecule has 0 spiro atoms. The molecule has 1 aliphatic heterocycles. The minimum atomic E-state index is 0.210. The van der Waals surface area contributed by atoms with Crippen LogP contribution in [0.3, 0.4) is 0 Å². The van der Waals surface area contributed by atoms with Crippen molar-refractivity contribution in [2.45, 2.75) is 19.5 Å². The molecule has 2 aromatic rings. The van der Waals surface area contributed by atoms with Gasteiger partial charge in [0.05, 0.1) is 23.1 Å². The van der Waals surface area contributed by atoms with Crippen LogP contribution < -0.4 is 5.32 Å². The monoisotopic (exact) mass is 437 g/mol. The second-order valence-corrected chi connectivity index (χ2v) is 9.39. The van der Waals surface area contributed by atoms with Gasteiger partial charge >= 0.3 is 0 Å². The molecule has 3 heterocycles. The topological polar surface area (TPSA) is 51.9 Å². The Morgan fingerprint density at radius 3 is 2.62 bits per heavy atom. The molecule has 3 rings (SSSR count). The molecular formula is C20H32ClN7S. The van der Waals surface area contributed by atoms with Crippen LogP contribution in [0.4, 0.5) is 0 Å². The fourth-order valence-corrected chi connectivity index (χ4v) is 4.68. The molecule has 2 aromatic heterocycles. The van der Waals surface area contributed by atoms with E-state index in [0.717, 1.165) is 49.6 Å². The number of guanidine groups is 1. The van der Waals surface area contributed by atoms with Gasteiger partial charge in [0, 0.05) is 63.0 Å². The summed E-state index contributed by atoms with van der Waals surface area (Å²) in [4.78, 5) is 13.4. The molecule has 0 saturated carbocycles. The molecule has 0 aromatic carbocycles. The summed E-state index contributed by atoms with van der Waals surface area (Å²) in [6.45, 7) is 8.68. The van der Waals surface area contributed by atoms with Crippen molar-refractivity contribution in [2.75, 3.05) is 53.4 Å². The van der Waals surface area contributed by atoms with E-state index in [9.17, 15) is 0 Å². The predicted molar refractivity (Wildman–Crippen MR) is 122 cm³/mol. The van der Waals surface area contributed by atoms with Gasteiger partial charge in [-0.1, -0.05) is 11.6 Å². The SMILES string of the molecule is CCNC(=NCC(c1cnn(C)c1)N(C)C)N1CCN(Cc2ccc(Cl)s2)CC1. The maximum absolute atomic E-state index is 6.06. The van der Waals surface area contributed by atoms with Crippen molar-refractivity contribution in [1.29, 1.82) is 0 Å². The van der Waals surface area contributed by atoms with Crippen LogP contribution in [0.15, 0.2) is 29.5 Å². The highest BCUT2D eigenvalue weighted by Crippen LogP contribution is 2.23. The normalized spacial score (nSPS) is 17.2. The van der Waals surface area contributed by atoms with Crippen LogP contribution in [-0.4, -0.2) is 83.8 Å². The summed E-state index contributed by atoms with van der Waals surface area (Å²) in [6.07, 6.45) is 4.01. The van der Waals surface area contributed by atoms with Gasteiger partial charge in [-0.2, -0.15) is 5.10 Å². The van der Waals surface area contributed by atoms with Crippen molar-refractivity contribution in [3.63, 3.8) is 0 Å². The van der Waals surface area contributed by atoms with Crippen molar-refractivity contribution >= 4 is 28.9 Å². The van der Waals surface area contributed by atoms with Crippen LogP contribution >= 0.6 is 22.9 Å². The fourth-order valence-electron chi connectivity index (χ4n) is 3.55. The zero-order chi connectivity index (χ0) is 20.8. The second-order valence-electron chi connectivity index (χ2n) is 7.59. The van der Waals surface area contributed by atoms with E-state index in [-0.39, 0.29) is 6.04 Å². The Labute approximate surface area is 183 Å². The highest BCUT2D eigenvalue weighted by Gasteiger charge is 2.21. The van der Waals surface area contributed by atoms with E-state index in [0.29, 0.717) is 6.54 Å². The lowest BCUT2D eigenvalue weighted by Gasteiger charge is -2.36. The first-order chi connectivity index (χ1) is 14.0. The van der Waals surface area contributed by atoms with Crippen LogP contribution in [-0.2, 0) is 13.6 Å². The number of piperazine rings is 1. The summed E-state index contributed by atoms with van der Waals surface area (Å²) in [5.41, 5.74) is 1.19. The smallest absolute Gasteiger partial charge is 0.194 e. The number of aliphatic imine (C=N–C) groups is 1. The summed E-state index contributed by atoms with van der Waals surface area (Å²) >= 11 is 7.74. The van der Waals surface area contributed by atoms with Crippen molar-refractivity contribution < 1.29 is 0 Å². The van der Waals surface area contributed by atoms with Gasteiger partial charge in [-0.15, -0.1) is 11.3 Å². The average molecular weight is 438 g/mol. The predicted octanol–water partition coefficient (Wildman–Crippen LogP) is 2.52. The van der Waals surface area contributed by atoms with Gasteiger partial charge in [0.1, 0.15) is 0 Å². The molecule has 7 nitrogen and oxygen atoms in total. The first-order valence-corrected chi connectivity index (χ1v) is 11.3. The number of aryl methyl sites for hydroxylation is 1. The van der Waals surface area contributed by atoms with Gasteiger partial charge in [0.25, 0.3) is 0 Å². The third-order valence-electron chi connectivity index (χ3n) is 5.16. The highest BCUT2D eigenvalue weighted by molar-refractivity contribution is 7.16. The molecule has 160 valence electrons. The van der Waals surface area contributed by atoms with E-state index in [4.69, 9.17) is 16.6 Å². The van der Waals surface area contributed by atoms with Crippen LogP contribution in [0.2, 0.25) is 4.34 Å². The lowest BCUT2D eigenvalue weighted by atomic mass is 10.1. The van der Waals surface area contributed by atoms with Crippen LogP contribution in [0.25, 0.3) is 0 Å². The molecule has 1 N–H and O–H groups in total. The minimum Gasteiger partial charge on any atom is -0.357 e. The molecule has 1 atom stereocenters. The standard InChI is InChI=1S/C20H32ClN7S/c1-5-22-20(23-13-18(25(2)3)16-12-24-26(4)14-16)28-10-8-27(9-11-28)15-17-6-7-19(21)29-17/h6-7,12,14,18H,5,8-11,13,15H2,1-4H3,(H,22,23). The zero-order valence-corrected chi connectivity index (χ0v) is 19.4. The molecule has 0 amide bonds. The van der Waals surface area contributed by atoms with Gasteiger partial charge in [-0.3, -0.25) is 14.6 Å². The summed E-state index contributed by atoms with van der Waals surface area (Å²) in [7, 11) is 6.14. The Bertz CT molecular complexity index is 792. The number of likely N-dealkylation sites (N-methyl/N-ethyl adjacent to an activating group) is 1. The number of rotatable bonds is 7. The molecule has 1 unspecified atom stereocenters. The molecule has 1 saturated heterocycles. The minimum absolute atomic E-state index is 0.210. The first kappa shape index (κ1) is 22.1. The molecular weight excluding hydrogens is 406 g/mol. The zero-order valence-electron chi connectivity index (χ0n) is 17.8. The Balaban J connectivity index is 1.60. The first-order valence-electron chi connectivity index (χ1n) is 10.1. The van der Waals surface area contributed by atoms with E-state index in [2.05, 4.69) is 58.4 Å². The largest absolute Gasteiger partial charge is 0.357 e. The number of nitrogens with zero attached hydrogens (tertiary/aromatic N) is 6.